The van der Waals surface area contributed by atoms with Crippen molar-refractivity contribution in [3.05, 3.63) is 0 Å². The molecule has 0 bridgehead atoms. The summed E-state index contributed by atoms with van der Waals surface area (Å²) in [6, 6.07) is 0. The predicted octanol–water partition coefficient (Wildman–Crippen LogP) is 2.63. The van der Waals surface area contributed by atoms with Gasteiger partial charge in [-0.2, -0.15) is 0 Å². The van der Waals surface area contributed by atoms with Crippen LogP contribution in [-0.2, 0) is 9.09 Å². The molecule has 0 rings (SSSR count). The molecule has 0 heterocycles. The summed E-state index contributed by atoms with van der Waals surface area (Å²) >= 11 is 0. The van der Waals surface area contributed by atoms with Crippen molar-refractivity contribution in [2.75, 3.05) is 12.8 Å². The minimum absolute atomic E-state index is 0. The van der Waals surface area contributed by atoms with Crippen molar-refractivity contribution in [3.63, 3.8) is 0 Å². The predicted molar refractivity (Wildman–Crippen MR) is 58.4 cm³/mol. The van der Waals surface area contributed by atoms with Crippen molar-refractivity contribution in [2.45, 2.75) is 39.5 Å². The SMILES string of the molecule is CCCCCCP(=O)(O)OCC.[Ca+2].[H-].[H-]. The van der Waals surface area contributed by atoms with E-state index in [4.69, 9.17) is 9.42 Å². The molecule has 0 amide bonds. The van der Waals surface area contributed by atoms with E-state index in [2.05, 4.69) is 6.92 Å². The molecule has 78 valence electrons. The van der Waals surface area contributed by atoms with E-state index in [9.17, 15) is 4.57 Å². The Kier molecular flexibility index (Phi) is 12.9. The van der Waals surface area contributed by atoms with E-state index < -0.39 is 7.60 Å². The van der Waals surface area contributed by atoms with Gasteiger partial charge >= 0.3 is 45.3 Å². The van der Waals surface area contributed by atoms with Crippen LogP contribution in [0.5, 0.6) is 0 Å². The number of hydrogen-bond donors (Lipinski definition) is 1. The van der Waals surface area contributed by atoms with Gasteiger partial charge in [-0.1, -0.05) is 26.2 Å². The van der Waals surface area contributed by atoms with Crippen molar-refractivity contribution in [3.8, 4) is 0 Å². The van der Waals surface area contributed by atoms with E-state index in [-0.39, 0.29) is 40.6 Å². The van der Waals surface area contributed by atoms with Crippen LogP contribution in [0.1, 0.15) is 42.4 Å². The van der Waals surface area contributed by atoms with Crippen LogP contribution in [0.15, 0.2) is 0 Å². The van der Waals surface area contributed by atoms with Crippen LogP contribution in [0.2, 0.25) is 0 Å². The van der Waals surface area contributed by atoms with Crippen molar-refractivity contribution in [1.82, 2.24) is 0 Å². The molecule has 3 nitrogen and oxygen atoms in total. The van der Waals surface area contributed by atoms with Gasteiger partial charge in [-0.3, -0.25) is 4.57 Å². The fourth-order valence-corrected chi connectivity index (χ4v) is 2.16. The molecular formula is C8H21CaO3P. The fraction of sp³-hybridized carbons (Fsp3) is 1.00. The first-order valence-corrected chi connectivity index (χ1v) is 6.35. The van der Waals surface area contributed by atoms with Crippen LogP contribution in [0.3, 0.4) is 0 Å². The van der Waals surface area contributed by atoms with E-state index in [1.165, 1.54) is 0 Å². The van der Waals surface area contributed by atoms with E-state index >= 15 is 0 Å². The van der Waals surface area contributed by atoms with E-state index in [1.54, 1.807) is 6.92 Å². The maximum absolute atomic E-state index is 11.1. The van der Waals surface area contributed by atoms with Crippen molar-refractivity contribution in [1.29, 1.82) is 0 Å². The monoisotopic (exact) mass is 236 g/mol. The smallest absolute Gasteiger partial charge is 1.00 e. The molecule has 0 aromatic carbocycles. The standard InChI is InChI=1S/C8H19O3P.Ca.2H/c1-3-5-6-7-8-12(9,10)11-4-2;;;/h3-8H2,1-2H3,(H,9,10);;;/q;+2;2*-1. The first-order valence-electron chi connectivity index (χ1n) is 4.58. The number of unbranched alkanes of at least 4 members (excludes halogenated alkanes) is 3. The van der Waals surface area contributed by atoms with Crippen LogP contribution in [-0.4, -0.2) is 55.4 Å². The molecule has 0 spiro atoms. The third kappa shape index (κ3) is 11.3. The summed E-state index contributed by atoms with van der Waals surface area (Å²) in [6.07, 6.45) is 4.40. The Hall–Kier alpha value is 1.41. The van der Waals surface area contributed by atoms with Crippen LogP contribution in [0.25, 0.3) is 0 Å². The van der Waals surface area contributed by atoms with Gasteiger partial charge in [0.25, 0.3) is 0 Å². The molecule has 13 heavy (non-hydrogen) atoms. The number of hydrogen-bond acceptors (Lipinski definition) is 2. The van der Waals surface area contributed by atoms with Gasteiger partial charge in [0.1, 0.15) is 0 Å². The minimum Gasteiger partial charge on any atom is -1.00 e. The second-order valence-corrected chi connectivity index (χ2v) is 4.82. The second-order valence-electron chi connectivity index (χ2n) is 2.84. The maximum Gasteiger partial charge on any atom is 2.00 e. The van der Waals surface area contributed by atoms with Crippen LogP contribution in [0, 0.1) is 0 Å². The zero-order valence-electron chi connectivity index (χ0n) is 10.7. The molecule has 0 aliphatic heterocycles. The Balaban J connectivity index is -0.000000202. The van der Waals surface area contributed by atoms with Gasteiger partial charge in [0, 0.05) is 6.16 Å². The molecule has 0 saturated heterocycles. The van der Waals surface area contributed by atoms with E-state index in [0.717, 1.165) is 25.7 Å². The molecule has 0 fully saturated rings. The minimum atomic E-state index is -3.23. The molecule has 0 aliphatic carbocycles. The third-order valence-electron chi connectivity index (χ3n) is 1.63. The Morgan fingerprint density at radius 3 is 2.38 bits per heavy atom. The third-order valence-corrected chi connectivity index (χ3v) is 3.17. The van der Waals surface area contributed by atoms with Gasteiger partial charge in [0.05, 0.1) is 6.61 Å². The molecule has 1 N–H and O–H groups in total. The molecule has 5 heteroatoms. The van der Waals surface area contributed by atoms with Crippen molar-refractivity contribution in [2.24, 2.45) is 0 Å². The normalized spacial score (nSPS) is 14.7. The summed E-state index contributed by atoms with van der Waals surface area (Å²) in [4.78, 5) is 9.15. The quantitative estimate of drug-likeness (QED) is 0.420. The second kappa shape index (κ2) is 9.95. The zero-order valence-corrected chi connectivity index (χ0v) is 11.8. The number of rotatable bonds is 7. The summed E-state index contributed by atoms with van der Waals surface area (Å²) in [5.74, 6) is 0. The summed E-state index contributed by atoms with van der Waals surface area (Å²) in [6.45, 7) is 4.16. The Morgan fingerprint density at radius 2 is 1.92 bits per heavy atom. The van der Waals surface area contributed by atoms with Gasteiger partial charge in [-0.05, 0) is 13.3 Å². The molecule has 0 aromatic rings. The van der Waals surface area contributed by atoms with Crippen LogP contribution >= 0.6 is 7.60 Å². The van der Waals surface area contributed by atoms with Crippen LogP contribution in [0.4, 0.5) is 0 Å². The van der Waals surface area contributed by atoms with E-state index in [1.807, 2.05) is 0 Å². The Labute approximate surface area is 114 Å². The molecular weight excluding hydrogens is 215 g/mol. The molecule has 0 saturated carbocycles. The topological polar surface area (TPSA) is 46.5 Å². The maximum atomic E-state index is 11.1. The average molecular weight is 236 g/mol. The molecule has 1 unspecified atom stereocenters. The van der Waals surface area contributed by atoms with Gasteiger partial charge in [-0.25, -0.2) is 0 Å². The van der Waals surface area contributed by atoms with Crippen molar-refractivity contribution >= 4 is 45.3 Å². The molecule has 0 aromatic heterocycles. The molecule has 0 aliphatic rings. The van der Waals surface area contributed by atoms with Gasteiger partial charge < -0.3 is 12.3 Å². The molecule has 1 atom stereocenters. The largest absolute Gasteiger partial charge is 2.00 e. The van der Waals surface area contributed by atoms with Gasteiger partial charge in [0.2, 0.25) is 0 Å². The Morgan fingerprint density at radius 1 is 1.31 bits per heavy atom. The average Bonchev–Trinajstić information content (AvgIpc) is 1.98. The first kappa shape index (κ1) is 16.8. The van der Waals surface area contributed by atoms with Crippen LogP contribution < -0.4 is 0 Å². The Bertz CT molecular complexity index is 161. The van der Waals surface area contributed by atoms with Gasteiger partial charge in [-0.15, -0.1) is 0 Å². The summed E-state index contributed by atoms with van der Waals surface area (Å²) < 4.78 is 15.8. The summed E-state index contributed by atoms with van der Waals surface area (Å²) in [7, 11) is -3.23. The van der Waals surface area contributed by atoms with E-state index in [0.29, 0.717) is 12.8 Å². The van der Waals surface area contributed by atoms with Gasteiger partial charge in [0.15, 0.2) is 0 Å². The summed E-state index contributed by atoms with van der Waals surface area (Å²) in [5, 5.41) is 0. The molecule has 0 radical (unpaired) electrons. The van der Waals surface area contributed by atoms with Crippen molar-refractivity contribution < 1.29 is 16.8 Å². The fourth-order valence-electron chi connectivity index (χ4n) is 1.00. The zero-order chi connectivity index (χ0) is 9.45. The first-order chi connectivity index (χ1) is 5.62. The summed E-state index contributed by atoms with van der Waals surface area (Å²) in [5.41, 5.74) is 0.